The Morgan fingerprint density at radius 2 is 1.94 bits per heavy atom. The molecule has 1 amide bonds. The van der Waals surface area contributed by atoms with Crippen molar-refractivity contribution in [1.29, 1.82) is 0 Å². The Morgan fingerprint density at radius 1 is 1.33 bits per heavy atom. The second-order valence-corrected chi connectivity index (χ2v) is 4.66. The fourth-order valence-corrected chi connectivity index (χ4v) is 1.57. The molecule has 0 spiro atoms. The Kier molecular flexibility index (Phi) is 4.44. The molecule has 2 N–H and O–H groups in total. The van der Waals surface area contributed by atoms with Gasteiger partial charge in [0.1, 0.15) is 0 Å². The third-order valence-electron chi connectivity index (χ3n) is 2.33. The standard InChI is InChI=1S/C13H17NO4/c1-13(2,8-18-3)14-11(15)9-5-4-6-10(7-9)12(16)17/h4-7H,8H2,1-3H3,(H,14,15)(H,16,17). The number of amides is 1. The van der Waals surface area contributed by atoms with Gasteiger partial charge < -0.3 is 15.2 Å². The molecule has 0 aliphatic heterocycles. The number of rotatable bonds is 5. The molecule has 1 rings (SSSR count). The lowest BCUT2D eigenvalue weighted by molar-refractivity contribution is 0.0697. The Morgan fingerprint density at radius 3 is 2.50 bits per heavy atom. The minimum absolute atomic E-state index is 0.0900. The zero-order valence-corrected chi connectivity index (χ0v) is 10.7. The van der Waals surface area contributed by atoms with Crippen molar-refractivity contribution in [3.8, 4) is 0 Å². The van der Waals surface area contributed by atoms with Crippen molar-refractivity contribution < 1.29 is 19.4 Å². The maximum Gasteiger partial charge on any atom is 0.335 e. The summed E-state index contributed by atoms with van der Waals surface area (Å²) in [5.41, 5.74) is -0.100. The third-order valence-corrected chi connectivity index (χ3v) is 2.33. The number of nitrogens with one attached hydrogen (secondary N) is 1. The first-order chi connectivity index (χ1) is 8.35. The number of hydrogen-bond acceptors (Lipinski definition) is 3. The van der Waals surface area contributed by atoms with Gasteiger partial charge in [-0.1, -0.05) is 6.07 Å². The lowest BCUT2D eigenvalue weighted by atomic mass is 10.1. The molecule has 0 atom stereocenters. The number of carboxylic acids is 1. The van der Waals surface area contributed by atoms with E-state index in [1.165, 1.54) is 12.1 Å². The average Bonchev–Trinajstić information content (AvgIpc) is 2.28. The van der Waals surface area contributed by atoms with Crippen LogP contribution in [0.2, 0.25) is 0 Å². The van der Waals surface area contributed by atoms with Gasteiger partial charge in [0.05, 0.1) is 17.7 Å². The molecule has 0 saturated heterocycles. The molecule has 0 radical (unpaired) electrons. The minimum atomic E-state index is -1.05. The maximum absolute atomic E-state index is 12.0. The molecular weight excluding hydrogens is 234 g/mol. The molecule has 0 aliphatic rings. The highest BCUT2D eigenvalue weighted by atomic mass is 16.5. The first-order valence-electron chi connectivity index (χ1n) is 5.50. The average molecular weight is 251 g/mol. The lowest BCUT2D eigenvalue weighted by Crippen LogP contribution is -2.46. The van der Waals surface area contributed by atoms with Gasteiger partial charge in [-0.05, 0) is 32.0 Å². The number of aromatic carboxylic acids is 1. The zero-order valence-electron chi connectivity index (χ0n) is 10.7. The summed E-state index contributed by atoms with van der Waals surface area (Å²) < 4.78 is 5.00. The quantitative estimate of drug-likeness (QED) is 0.832. The Labute approximate surface area is 106 Å². The summed E-state index contributed by atoms with van der Waals surface area (Å²) in [6.07, 6.45) is 0. The maximum atomic E-state index is 12.0. The van der Waals surface area contributed by atoms with Crippen LogP contribution >= 0.6 is 0 Å². The zero-order chi connectivity index (χ0) is 13.8. The normalized spacial score (nSPS) is 11.1. The molecule has 5 heteroatoms. The molecule has 1 aromatic rings. The molecule has 0 bridgehead atoms. The van der Waals surface area contributed by atoms with Crippen LogP contribution < -0.4 is 5.32 Å². The van der Waals surface area contributed by atoms with Crippen molar-refractivity contribution >= 4 is 11.9 Å². The van der Waals surface area contributed by atoms with Crippen molar-refractivity contribution in [2.24, 2.45) is 0 Å². The van der Waals surface area contributed by atoms with E-state index in [0.29, 0.717) is 12.2 Å². The van der Waals surface area contributed by atoms with Gasteiger partial charge in [0.15, 0.2) is 0 Å². The molecule has 0 unspecified atom stereocenters. The van der Waals surface area contributed by atoms with Crippen molar-refractivity contribution in [2.45, 2.75) is 19.4 Å². The van der Waals surface area contributed by atoms with Crippen LogP contribution in [0.5, 0.6) is 0 Å². The minimum Gasteiger partial charge on any atom is -0.478 e. The largest absolute Gasteiger partial charge is 0.478 e. The van der Waals surface area contributed by atoms with E-state index >= 15 is 0 Å². The summed E-state index contributed by atoms with van der Waals surface area (Å²) in [6, 6.07) is 5.91. The van der Waals surface area contributed by atoms with Crippen molar-refractivity contribution in [1.82, 2.24) is 5.32 Å². The summed E-state index contributed by atoms with van der Waals surface area (Å²) in [5, 5.41) is 11.6. The van der Waals surface area contributed by atoms with Gasteiger partial charge in [0.25, 0.3) is 5.91 Å². The highest BCUT2D eigenvalue weighted by molar-refractivity contribution is 5.97. The van der Waals surface area contributed by atoms with Crippen LogP contribution in [0.3, 0.4) is 0 Å². The molecule has 18 heavy (non-hydrogen) atoms. The fraction of sp³-hybridized carbons (Fsp3) is 0.385. The van der Waals surface area contributed by atoms with Crippen molar-refractivity contribution in [3.63, 3.8) is 0 Å². The number of carbonyl (C=O) groups excluding carboxylic acids is 1. The molecule has 0 fully saturated rings. The van der Waals surface area contributed by atoms with E-state index in [-0.39, 0.29) is 11.5 Å². The predicted octanol–water partition coefficient (Wildman–Crippen LogP) is 1.54. The van der Waals surface area contributed by atoms with Crippen LogP contribution in [-0.2, 0) is 4.74 Å². The van der Waals surface area contributed by atoms with E-state index in [4.69, 9.17) is 9.84 Å². The topological polar surface area (TPSA) is 75.6 Å². The van der Waals surface area contributed by atoms with Crippen molar-refractivity contribution in [3.05, 3.63) is 35.4 Å². The number of hydrogen-bond donors (Lipinski definition) is 2. The summed E-state index contributed by atoms with van der Waals surface area (Å²) in [6.45, 7) is 4.03. The SMILES string of the molecule is COCC(C)(C)NC(=O)c1cccc(C(=O)O)c1. The summed E-state index contributed by atoms with van der Waals surface area (Å²) >= 11 is 0. The van der Waals surface area contributed by atoms with Gasteiger partial charge in [0.2, 0.25) is 0 Å². The van der Waals surface area contributed by atoms with Crippen LogP contribution in [0.4, 0.5) is 0 Å². The van der Waals surface area contributed by atoms with Gasteiger partial charge in [-0.3, -0.25) is 4.79 Å². The van der Waals surface area contributed by atoms with Crippen molar-refractivity contribution in [2.75, 3.05) is 13.7 Å². The van der Waals surface area contributed by atoms with Gasteiger partial charge >= 0.3 is 5.97 Å². The van der Waals surface area contributed by atoms with Gasteiger partial charge in [-0.2, -0.15) is 0 Å². The summed E-state index contributed by atoms with van der Waals surface area (Å²) in [5.74, 6) is -1.37. The Hall–Kier alpha value is -1.88. The summed E-state index contributed by atoms with van der Waals surface area (Å²) in [4.78, 5) is 22.8. The molecule has 5 nitrogen and oxygen atoms in total. The van der Waals surface area contributed by atoms with E-state index in [1.54, 1.807) is 19.2 Å². The van der Waals surface area contributed by atoms with Gasteiger partial charge in [-0.25, -0.2) is 4.79 Å². The third kappa shape index (κ3) is 3.85. The Balaban J connectivity index is 2.84. The molecule has 0 aliphatic carbocycles. The second-order valence-electron chi connectivity index (χ2n) is 4.66. The molecule has 0 aromatic heterocycles. The molecule has 1 aromatic carbocycles. The van der Waals surface area contributed by atoms with E-state index in [1.807, 2.05) is 13.8 Å². The first kappa shape index (κ1) is 14.2. The van der Waals surface area contributed by atoms with Gasteiger partial charge in [-0.15, -0.1) is 0 Å². The number of methoxy groups -OCH3 is 1. The highest BCUT2D eigenvalue weighted by Gasteiger charge is 2.21. The Bertz CT molecular complexity index is 454. The number of carbonyl (C=O) groups is 2. The fourth-order valence-electron chi connectivity index (χ4n) is 1.57. The smallest absolute Gasteiger partial charge is 0.335 e. The van der Waals surface area contributed by atoms with E-state index in [9.17, 15) is 9.59 Å². The van der Waals surface area contributed by atoms with E-state index in [2.05, 4.69) is 5.32 Å². The van der Waals surface area contributed by atoms with Crippen LogP contribution in [0, 0.1) is 0 Å². The predicted molar refractivity (Wildman–Crippen MR) is 66.8 cm³/mol. The van der Waals surface area contributed by atoms with Crippen LogP contribution in [0.25, 0.3) is 0 Å². The molecular formula is C13H17NO4. The summed E-state index contributed by atoms with van der Waals surface area (Å²) in [7, 11) is 1.55. The number of benzene rings is 1. The first-order valence-corrected chi connectivity index (χ1v) is 5.50. The molecule has 0 saturated carbocycles. The second kappa shape index (κ2) is 5.64. The van der Waals surface area contributed by atoms with Crippen LogP contribution in [-0.4, -0.2) is 36.2 Å². The lowest BCUT2D eigenvalue weighted by Gasteiger charge is -2.25. The number of ether oxygens (including phenoxy) is 1. The number of carboxylic acid groups (broad SMARTS) is 1. The van der Waals surface area contributed by atoms with Gasteiger partial charge in [0, 0.05) is 12.7 Å². The monoisotopic (exact) mass is 251 g/mol. The van der Waals surface area contributed by atoms with Crippen LogP contribution in [0.1, 0.15) is 34.6 Å². The van der Waals surface area contributed by atoms with E-state index < -0.39 is 11.5 Å². The molecule has 0 heterocycles. The molecule has 98 valence electrons. The van der Waals surface area contributed by atoms with E-state index in [0.717, 1.165) is 0 Å². The highest BCUT2D eigenvalue weighted by Crippen LogP contribution is 2.08. The van der Waals surface area contributed by atoms with Crippen LogP contribution in [0.15, 0.2) is 24.3 Å².